The molecule has 0 atom stereocenters. The summed E-state index contributed by atoms with van der Waals surface area (Å²) in [6.07, 6.45) is 1.48. The van der Waals surface area contributed by atoms with Crippen LogP contribution >= 0.6 is 22.9 Å². The van der Waals surface area contributed by atoms with Gasteiger partial charge in [0.1, 0.15) is 17.8 Å². The Morgan fingerprint density at radius 1 is 1.36 bits per heavy atom. The Balaban J connectivity index is 1.74. The summed E-state index contributed by atoms with van der Waals surface area (Å²) >= 11 is 7.02. The van der Waals surface area contributed by atoms with Crippen molar-refractivity contribution in [2.24, 2.45) is 7.05 Å². The van der Waals surface area contributed by atoms with Gasteiger partial charge in [0.05, 0.1) is 6.20 Å². The molecule has 1 amide bonds. The smallest absolute Gasteiger partial charge is 0.274 e. The number of hydrogen-bond acceptors (Lipinski definition) is 6. The quantitative estimate of drug-likeness (QED) is 0.739. The molecule has 1 aromatic carbocycles. The highest BCUT2D eigenvalue weighted by atomic mass is 35.5. The lowest BCUT2D eigenvalue weighted by molar-refractivity contribution is 0.101. The molecule has 0 aliphatic heterocycles. The van der Waals surface area contributed by atoms with Gasteiger partial charge in [-0.25, -0.2) is 0 Å². The Morgan fingerprint density at radius 2 is 2.12 bits per heavy atom. The van der Waals surface area contributed by atoms with Crippen LogP contribution in [0.2, 0.25) is 5.02 Å². The second kappa shape index (κ2) is 7.45. The predicted octanol–water partition coefficient (Wildman–Crippen LogP) is 2.72. The van der Waals surface area contributed by atoms with Gasteiger partial charge in [-0.1, -0.05) is 35.1 Å². The minimum atomic E-state index is -0.444. The molecule has 0 saturated carbocycles. The van der Waals surface area contributed by atoms with Crippen LogP contribution in [0.1, 0.15) is 16.1 Å². The first-order chi connectivity index (χ1) is 12.0. The van der Waals surface area contributed by atoms with Crippen LogP contribution < -0.4 is 15.5 Å². The lowest BCUT2D eigenvalue weighted by atomic mass is 10.2. The number of anilines is 1. The summed E-state index contributed by atoms with van der Waals surface area (Å²) in [4.78, 5) is 24.4. The third-order valence-electron chi connectivity index (χ3n) is 3.32. The SMILES string of the molecule is Cn1cc(OCc2ccc(Cl)cc2)c(=O)cc1C(=O)Nc1nncs1. The Hall–Kier alpha value is -2.71. The third kappa shape index (κ3) is 4.23. The van der Waals surface area contributed by atoms with Crippen molar-refractivity contribution in [3.63, 3.8) is 0 Å². The second-order valence-electron chi connectivity index (χ2n) is 5.11. The minimum absolute atomic E-state index is 0.157. The van der Waals surface area contributed by atoms with E-state index in [1.807, 2.05) is 12.1 Å². The first-order valence-electron chi connectivity index (χ1n) is 7.18. The highest BCUT2D eigenvalue weighted by Gasteiger charge is 2.14. The summed E-state index contributed by atoms with van der Waals surface area (Å²) < 4.78 is 7.08. The zero-order valence-electron chi connectivity index (χ0n) is 13.1. The molecule has 25 heavy (non-hydrogen) atoms. The molecule has 0 bridgehead atoms. The molecule has 0 radical (unpaired) electrons. The zero-order valence-corrected chi connectivity index (χ0v) is 14.7. The maximum atomic E-state index is 12.2. The average Bonchev–Trinajstić information content (AvgIpc) is 3.09. The van der Waals surface area contributed by atoms with Crippen LogP contribution in [-0.2, 0) is 13.7 Å². The van der Waals surface area contributed by atoms with Gasteiger partial charge in [0.15, 0.2) is 5.75 Å². The normalized spacial score (nSPS) is 10.5. The molecular formula is C16H13ClN4O3S. The van der Waals surface area contributed by atoms with Gasteiger partial charge in [0.2, 0.25) is 10.6 Å². The number of carbonyl (C=O) groups excluding carboxylic acids is 1. The highest BCUT2D eigenvalue weighted by Crippen LogP contribution is 2.14. The lowest BCUT2D eigenvalue weighted by Crippen LogP contribution is -2.21. The molecule has 2 aromatic heterocycles. The Kier molecular flexibility index (Phi) is 5.11. The number of nitrogens with zero attached hydrogens (tertiary/aromatic N) is 3. The topological polar surface area (TPSA) is 86.1 Å². The fourth-order valence-electron chi connectivity index (χ4n) is 2.07. The van der Waals surface area contributed by atoms with E-state index < -0.39 is 5.91 Å². The number of ether oxygens (including phenoxy) is 1. The van der Waals surface area contributed by atoms with Crippen molar-refractivity contribution in [2.45, 2.75) is 6.61 Å². The van der Waals surface area contributed by atoms with Gasteiger partial charge < -0.3 is 9.30 Å². The number of pyridine rings is 1. The van der Waals surface area contributed by atoms with Crippen LogP contribution in [0.4, 0.5) is 5.13 Å². The number of nitrogens with one attached hydrogen (secondary N) is 1. The van der Waals surface area contributed by atoms with Gasteiger partial charge in [-0.2, -0.15) is 0 Å². The number of halogens is 1. The molecule has 7 nitrogen and oxygen atoms in total. The largest absolute Gasteiger partial charge is 0.483 e. The van der Waals surface area contributed by atoms with Crippen LogP contribution in [0.15, 0.2) is 46.8 Å². The van der Waals surface area contributed by atoms with Crippen molar-refractivity contribution >= 4 is 34.0 Å². The third-order valence-corrected chi connectivity index (χ3v) is 4.18. The molecule has 0 aliphatic carbocycles. The first kappa shape index (κ1) is 17.1. The number of hydrogen-bond donors (Lipinski definition) is 1. The predicted molar refractivity (Wildman–Crippen MR) is 95.3 cm³/mol. The van der Waals surface area contributed by atoms with Gasteiger partial charge in [0, 0.05) is 18.1 Å². The van der Waals surface area contributed by atoms with Gasteiger partial charge in [0.25, 0.3) is 5.91 Å². The van der Waals surface area contributed by atoms with E-state index in [1.54, 1.807) is 19.2 Å². The van der Waals surface area contributed by atoms with E-state index in [0.717, 1.165) is 5.56 Å². The number of rotatable bonds is 5. The molecule has 2 heterocycles. The molecule has 3 rings (SSSR count). The van der Waals surface area contributed by atoms with E-state index in [-0.39, 0.29) is 23.5 Å². The summed E-state index contributed by atoms with van der Waals surface area (Å²) in [7, 11) is 1.66. The minimum Gasteiger partial charge on any atom is -0.483 e. The van der Waals surface area contributed by atoms with Gasteiger partial charge in [-0.05, 0) is 17.7 Å². The molecule has 0 fully saturated rings. The monoisotopic (exact) mass is 376 g/mol. The van der Waals surface area contributed by atoms with Gasteiger partial charge in [-0.15, -0.1) is 10.2 Å². The van der Waals surface area contributed by atoms with Crippen LogP contribution in [0.3, 0.4) is 0 Å². The molecule has 1 N–H and O–H groups in total. The molecule has 0 aliphatic rings. The van der Waals surface area contributed by atoms with Crippen LogP contribution in [0.25, 0.3) is 0 Å². The molecule has 0 unspecified atom stereocenters. The Bertz CT molecular complexity index is 939. The molecular weight excluding hydrogens is 364 g/mol. The standard InChI is InChI=1S/C16H13ClN4O3S/c1-21-7-14(24-8-10-2-4-11(17)5-3-10)13(22)6-12(21)15(23)19-16-20-18-9-25-16/h2-7,9H,8H2,1H3,(H,19,20,23). The van der Waals surface area contributed by atoms with E-state index in [1.165, 1.54) is 33.7 Å². The van der Waals surface area contributed by atoms with Crippen LogP contribution in [0, 0.1) is 0 Å². The van der Waals surface area contributed by atoms with Crippen LogP contribution in [-0.4, -0.2) is 20.7 Å². The lowest BCUT2D eigenvalue weighted by Gasteiger charge is -2.11. The number of benzene rings is 1. The fourth-order valence-corrected chi connectivity index (χ4v) is 2.64. The number of aryl methyl sites for hydroxylation is 1. The van der Waals surface area contributed by atoms with Crippen molar-refractivity contribution in [3.8, 4) is 5.75 Å². The second-order valence-corrected chi connectivity index (χ2v) is 6.38. The summed E-state index contributed by atoms with van der Waals surface area (Å²) in [5, 5.41) is 10.9. The summed E-state index contributed by atoms with van der Waals surface area (Å²) in [5.41, 5.74) is 2.19. The maximum absolute atomic E-state index is 12.2. The number of aromatic nitrogens is 3. The zero-order chi connectivity index (χ0) is 17.8. The van der Waals surface area contributed by atoms with E-state index in [0.29, 0.717) is 10.2 Å². The van der Waals surface area contributed by atoms with Gasteiger partial charge >= 0.3 is 0 Å². The van der Waals surface area contributed by atoms with Crippen molar-refractivity contribution in [1.82, 2.24) is 14.8 Å². The molecule has 9 heteroatoms. The van der Waals surface area contributed by atoms with E-state index in [2.05, 4.69) is 15.5 Å². The molecule has 0 saturated heterocycles. The fraction of sp³-hybridized carbons (Fsp3) is 0.125. The molecule has 128 valence electrons. The Morgan fingerprint density at radius 3 is 2.80 bits per heavy atom. The average molecular weight is 377 g/mol. The molecule has 3 aromatic rings. The first-order valence-corrected chi connectivity index (χ1v) is 8.44. The molecule has 0 spiro atoms. The summed E-state index contributed by atoms with van der Waals surface area (Å²) in [5.74, 6) is -0.287. The van der Waals surface area contributed by atoms with Crippen LogP contribution in [0.5, 0.6) is 5.75 Å². The van der Waals surface area contributed by atoms with E-state index >= 15 is 0 Å². The van der Waals surface area contributed by atoms with Crippen molar-refractivity contribution in [1.29, 1.82) is 0 Å². The number of amides is 1. The van der Waals surface area contributed by atoms with Crippen molar-refractivity contribution in [3.05, 3.63) is 68.5 Å². The van der Waals surface area contributed by atoms with Crippen molar-refractivity contribution in [2.75, 3.05) is 5.32 Å². The number of carbonyl (C=O) groups is 1. The summed E-state index contributed by atoms with van der Waals surface area (Å²) in [6, 6.07) is 8.36. The van der Waals surface area contributed by atoms with E-state index in [9.17, 15) is 9.59 Å². The maximum Gasteiger partial charge on any atom is 0.274 e. The van der Waals surface area contributed by atoms with Crippen molar-refractivity contribution < 1.29 is 9.53 Å². The summed E-state index contributed by atoms with van der Waals surface area (Å²) in [6.45, 7) is 0.225. The highest BCUT2D eigenvalue weighted by molar-refractivity contribution is 7.13. The van der Waals surface area contributed by atoms with Gasteiger partial charge in [-0.3, -0.25) is 14.9 Å². The van der Waals surface area contributed by atoms with E-state index in [4.69, 9.17) is 16.3 Å². The Labute approximate surface area is 151 Å².